The first-order chi connectivity index (χ1) is 7.58. The Labute approximate surface area is 93.5 Å². The number of hydrogen-bond donors (Lipinski definition) is 0. The normalized spacial score (nSPS) is 16.4. The number of ether oxygens (including phenoxy) is 1. The van der Waals surface area contributed by atoms with Crippen LogP contribution in [0.25, 0.3) is 5.57 Å². The van der Waals surface area contributed by atoms with Crippen LogP contribution in [0.4, 0.5) is 0 Å². The van der Waals surface area contributed by atoms with E-state index in [0.717, 1.165) is 5.41 Å². The molecule has 0 unspecified atom stereocenters. The summed E-state index contributed by atoms with van der Waals surface area (Å²) in [6, 6.07) is 4.81. The Morgan fingerprint density at radius 1 is 1.38 bits per heavy atom. The third-order valence-corrected chi connectivity index (χ3v) is 3.99. The number of carbonyl (C=O) groups excluding carboxylic acids is 1. The molecule has 0 atom stereocenters. The molecule has 4 nitrogen and oxygen atoms in total. The summed E-state index contributed by atoms with van der Waals surface area (Å²) in [7, 11) is -1.94. The smallest absolute Gasteiger partial charge is 0.200 e. The van der Waals surface area contributed by atoms with E-state index in [2.05, 4.69) is 0 Å². The second-order valence-corrected chi connectivity index (χ2v) is 5.19. The zero-order valence-electron chi connectivity index (χ0n) is 8.64. The largest absolute Gasteiger partial charge is 0.497 e. The van der Waals surface area contributed by atoms with Crippen LogP contribution in [0.3, 0.4) is 0 Å². The van der Waals surface area contributed by atoms with Gasteiger partial charge in [-0.25, -0.2) is 8.42 Å². The molecule has 0 spiro atoms. The summed E-state index contributed by atoms with van der Waals surface area (Å²) in [6.07, 6.45) is 0.805. The molecule has 84 valence electrons. The Balaban J connectivity index is 2.61. The number of aldehydes is 1. The van der Waals surface area contributed by atoms with Crippen molar-refractivity contribution < 1.29 is 17.9 Å². The van der Waals surface area contributed by atoms with Crippen LogP contribution in [0, 0.1) is 0 Å². The fourth-order valence-corrected chi connectivity index (χ4v) is 3.20. The Bertz CT molecular complexity index is 570. The van der Waals surface area contributed by atoms with Gasteiger partial charge >= 0.3 is 0 Å². The predicted octanol–water partition coefficient (Wildman–Crippen LogP) is 1.41. The average Bonchev–Trinajstić information content (AvgIpc) is 2.51. The molecule has 0 amide bonds. The van der Waals surface area contributed by atoms with Gasteiger partial charge in [0.05, 0.1) is 12.0 Å². The maximum Gasteiger partial charge on any atom is 0.200 e. The minimum absolute atomic E-state index is 0.110. The van der Waals surface area contributed by atoms with Crippen molar-refractivity contribution in [1.82, 2.24) is 0 Å². The molecule has 1 aliphatic heterocycles. The number of fused-ring (bicyclic) bond motifs is 1. The maximum absolute atomic E-state index is 11.8. The van der Waals surface area contributed by atoms with Crippen LogP contribution in [-0.2, 0) is 14.6 Å². The molecule has 1 aromatic carbocycles. The highest BCUT2D eigenvalue weighted by Crippen LogP contribution is 2.36. The highest BCUT2D eigenvalue weighted by Gasteiger charge is 2.26. The molecule has 5 heteroatoms. The third kappa shape index (κ3) is 1.63. The number of methoxy groups -OCH3 is 1. The summed E-state index contributed by atoms with van der Waals surface area (Å²) in [5, 5.41) is 1.14. The standard InChI is InChI=1S/C11H10O4S/c1-15-9-2-3-10-8(4-5-12)7-16(13,14)11(10)6-9/h2-3,5-7H,4H2,1H3. The molecule has 0 saturated carbocycles. The molecule has 1 aliphatic rings. The predicted molar refractivity (Wildman–Crippen MR) is 58.8 cm³/mol. The molecule has 1 heterocycles. The fourth-order valence-electron chi connectivity index (χ4n) is 1.69. The number of carbonyl (C=O) groups is 1. The highest BCUT2D eigenvalue weighted by atomic mass is 32.2. The zero-order chi connectivity index (χ0) is 11.8. The summed E-state index contributed by atoms with van der Waals surface area (Å²) >= 11 is 0. The van der Waals surface area contributed by atoms with Crippen LogP contribution in [0.5, 0.6) is 5.75 Å². The van der Waals surface area contributed by atoms with E-state index in [4.69, 9.17) is 4.74 Å². The lowest BCUT2D eigenvalue weighted by Crippen LogP contribution is -1.94. The average molecular weight is 238 g/mol. The maximum atomic E-state index is 11.8. The van der Waals surface area contributed by atoms with Crippen molar-refractivity contribution in [2.75, 3.05) is 7.11 Å². The first kappa shape index (κ1) is 10.9. The molecule has 2 rings (SSSR count). The number of benzene rings is 1. The van der Waals surface area contributed by atoms with Gasteiger partial charge in [0.15, 0.2) is 0 Å². The van der Waals surface area contributed by atoms with Crippen molar-refractivity contribution in [3.63, 3.8) is 0 Å². The van der Waals surface area contributed by atoms with Gasteiger partial charge in [0.25, 0.3) is 0 Å². The summed E-state index contributed by atoms with van der Waals surface area (Å²) in [5.74, 6) is 0.489. The highest BCUT2D eigenvalue weighted by molar-refractivity contribution is 7.95. The van der Waals surface area contributed by atoms with Crippen molar-refractivity contribution in [2.45, 2.75) is 11.3 Å². The summed E-state index contributed by atoms with van der Waals surface area (Å²) in [5.41, 5.74) is 1.13. The van der Waals surface area contributed by atoms with Crippen molar-refractivity contribution in [1.29, 1.82) is 0 Å². The topological polar surface area (TPSA) is 60.4 Å². The van der Waals surface area contributed by atoms with Crippen molar-refractivity contribution >= 4 is 21.7 Å². The number of hydrogen-bond acceptors (Lipinski definition) is 4. The number of rotatable bonds is 3. The zero-order valence-corrected chi connectivity index (χ0v) is 9.45. The van der Waals surface area contributed by atoms with Crippen LogP contribution in [0.1, 0.15) is 12.0 Å². The lowest BCUT2D eigenvalue weighted by atomic mass is 10.1. The van der Waals surface area contributed by atoms with Gasteiger partial charge in [-0.1, -0.05) is 0 Å². The second kappa shape index (κ2) is 3.75. The van der Waals surface area contributed by atoms with E-state index >= 15 is 0 Å². The van der Waals surface area contributed by atoms with Crippen LogP contribution in [0.15, 0.2) is 28.5 Å². The van der Waals surface area contributed by atoms with E-state index in [1.807, 2.05) is 0 Å². The molecular formula is C11H10O4S. The number of allylic oxidation sites excluding steroid dienone is 1. The van der Waals surface area contributed by atoms with E-state index in [0.29, 0.717) is 23.2 Å². The van der Waals surface area contributed by atoms with E-state index in [-0.39, 0.29) is 11.3 Å². The monoisotopic (exact) mass is 238 g/mol. The van der Waals surface area contributed by atoms with Gasteiger partial charge in [-0.2, -0.15) is 0 Å². The van der Waals surface area contributed by atoms with E-state index < -0.39 is 9.84 Å². The van der Waals surface area contributed by atoms with Gasteiger partial charge in [0.2, 0.25) is 9.84 Å². The number of sulfone groups is 1. The summed E-state index contributed by atoms with van der Waals surface area (Å²) < 4.78 is 28.5. The Kier molecular flexibility index (Phi) is 2.55. The van der Waals surface area contributed by atoms with Crippen molar-refractivity contribution in [2.24, 2.45) is 0 Å². The Morgan fingerprint density at radius 3 is 2.75 bits per heavy atom. The molecule has 0 N–H and O–H groups in total. The lowest BCUT2D eigenvalue weighted by molar-refractivity contribution is -0.107. The van der Waals surface area contributed by atoms with Crippen LogP contribution >= 0.6 is 0 Å². The minimum Gasteiger partial charge on any atom is -0.497 e. The minimum atomic E-state index is -3.41. The van der Waals surface area contributed by atoms with Gasteiger partial charge in [0, 0.05) is 11.8 Å². The van der Waals surface area contributed by atoms with Gasteiger partial charge in [-0.3, -0.25) is 0 Å². The second-order valence-electron chi connectivity index (χ2n) is 3.42. The first-order valence-electron chi connectivity index (χ1n) is 4.66. The van der Waals surface area contributed by atoms with Gasteiger partial charge in [-0.05, 0) is 29.3 Å². The molecule has 0 saturated heterocycles. The fraction of sp³-hybridized carbons (Fsp3) is 0.182. The molecule has 0 aromatic heterocycles. The van der Waals surface area contributed by atoms with E-state index in [9.17, 15) is 13.2 Å². The summed E-state index contributed by atoms with van der Waals surface area (Å²) in [4.78, 5) is 10.7. The molecular weight excluding hydrogens is 228 g/mol. The van der Waals surface area contributed by atoms with Crippen LogP contribution in [0.2, 0.25) is 0 Å². The molecule has 16 heavy (non-hydrogen) atoms. The molecule has 0 aliphatic carbocycles. The lowest BCUT2D eigenvalue weighted by Gasteiger charge is -2.04. The molecule has 0 radical (unpaired) electrons. The van der Waals surface area contributed by atoms with E-state index in [1.165, 1.54) is 13.2 Å². The molecule has 0 fully saturated rings. The Hall–Kier alpha value is -1.62. The molecule has 0 bridgehead atoms. The van der Waals surface area contributed by atoms with Gasteiger partial charge < -0.3 is 9.53 Å². The van der Waals surface area contributed by atoms with Crippen molar-refractivity contribution in [3.8, 4) is 5.75 Å². The quantitative estimate of drug-likeness (QED) is 0.747. The van der Waals surface area contributed by atoms with Gasteiger partial charge in [-0.15, -0.1) is 0 Å². The molecule has 1 aromatic rings. The van der Waals surface area contributed by atoms with E-state index in [1.54, 1.807) is 12.1 Å². The van der Waals surface area contributed by atoms with Crippen LogP contribution in [-0.4, -0.2) is 21.8 Å². The Morgan fingerprint density at radius 2 is 2.12 bits per heavy atom. The third-order valence-electron chi connectivity index (χ3n) is 2.44. The summed E-state index contributed by atoms with van der Waals surface area (Å²) in [6.45, 7) is 0. The first-order valence-corrected chi connectivity index (χ1v) is 6.21. The van der Waals surface area contributed by atoms with Crippen molar-refractivity contribution in [3.05, 3.63) is 29.2 Å². The van der Waals surface area contributed by atoms with Gasteiger partial charge in [0.1, 0.15) is 12.0 Å². The van der Waals surface area contributed by atoms with Crippen LogP contribution < -0.4 is 4.74 Å². The SMILES string of the molecule is COc1ccc2c(c1)S(=O)(=O)C=C2CC=O.